The van der Waals surface area contributed by atoms with Gasteiger partial charge in [0.25, 0.3) is 0 Å². The van der Waals surface area contributed by atoms with E-state index in [4.69, 9.17) is 4.74 Å². The Labute approximate surface area is 110 Å². The number of ether oxygens (including phenoxy) is 1. The first-order chi connectivity index (χ1) is 8.63. The van der Waals surface area contributed by atoms with Crippen molar-refractivity contribution in [3.63, 3.8) is 0 Å². The normalized spacial score (nSPS) is 12.2. The van der Waals surface area contributed by atoms with Gasteiger partial charge in [-0.3, -0.25) is 0 Å². The molecule has 1 heterocycles. The predicted octanol–water partition coefficient (Wildman–Crippen LogP) is 2.97. The first-order valence-corrected chi connectivity index (χ1v) is 6.49. The standard InChI is InChI=1S/C15H24N2O/c1-12(2)7-8-13(3)16-11-9-14-6-5-10-17-15(14)18-4/h5-6,10,13,16H,1,7-9,11H2,2-4H3. The van der Waals surface area contributed by atoms with Crippen LogP contribution in [-0.2, 0) is 6.42 Å². The molecule has 1 aromatic heterocycles. The minimum Gasteiger partial charge on any atom is -0.481 e. The van der Waals surface area contributed by atoms with Crippen LogP contribution in [0.15, 0.2) is 30.5 Å². The van der Waals surface area contributed by atoms with E-state index in [1.165, 1.54) is 5.57 Å². The topological polar surface area (TPSA) is 34.2 Å². The lowest BCUT2D eigenvalue weighted by atomic mass is 10.1. The summed E-state index contributed by atoms with van der Waals surface area (Å²) in [7, 11) is 1.66. The lowest BCUT2D eigenvalue weighted by Crippen LogP contribution is -2.28. The molecular formula is C15H24N2O. The molecule has 3 nitrogen and oxygen atoms in total. The number of hydrogen-bond donors (Lipinski definition) is 1. The molecular weight excluding hydrogens is 224 g/mol. The molecule has 0 radical (unpaired) electrons. The van der Waals surface area contributed by atoms with Gasteiger partial charge in [0.15, 0.2) is 0 Å². The average molecular weight is 248 g/mol. The van der Waals surface area contributed by atoms with Crippen LogP contribution in [0.5, 0.6) is 5.88 Å². The molecule has 0 aliphatic heterocycles. The van der Waals surface area contributed by atoms with Crippen LogP contribution in [0.2, 0.25) is 0 Å². The zero-order valence-electron chi connectivity index (χ0n) is 11.7. The molecule has 1 rings (SSSR count). The van der Waals surface area contributed by atoms with E-state index >= 15 is 0 Å². The number of hydrogen-bond acceptors (Lipinski definition) is 3. The van der Waals surface area contributed by atoms with E-state index in [0.717, 1.165) is 37.3 Å². The van der Waals surface area contributed by atoms with Crippen LogP contribution in [0.4, 0.5) is 0 Å². The van der Waals surface area contributed by atoms with Crippen LogP contribution in [0.3, 0.4) is 0 Å². The minimum atomic E-state index is 0.518. The highest BCUT2D eigenvalue weighted by Crippen LogP contribution is 2.13. The second-order valence-electron chi connectivity index (χ2n) is 4.77. The second kappa shape index (κ2) is 7.88. The van der Waals surface area contributed by atoms with Gasteiger partial charge in [0.05, 0.1) is 7.11 Å². The highest BCUT2D eigenvalue weighted by Gasteiger charge is 2.05. The zero-order valence-corrected chi connectivity index (χ0v) is 11.7. The van der Waals surface area contributed by atoms with Gasteiger partial charge >= 0.3 is 0 Å². The Morgan fingerprint density at radius 3 is 3.00 bits per heavy atom. The number of pyridine rings is 1. The molecule has 1 atom stereocenters. The first kappa shape index (κ1) is 14.7. The smallest absolute Gasteiger partial charge is 0.216 e. The summed E-state index contributed by atoms with van der Waals surface area (Å²) in [6.07, 6.45) is 4.92. The number of methoxy groups -OCH3 is 1. The monoisotopic (exact) mass is 248 g/mol. The van der Waals surface area contributed by atoms with Gasteiger partial charge in [-0.15, -0.1) is 6.58 Å². The van der Waals surface area contributed by atoms with Gasteiger partial charge < -0.3 is 10.1 Å². The second-order valence-corrected chi connectivity index (χ2v) is 4.77. The summed E-state index contributed by atoms with van der Waals surface area (Å²) in [5.74, 6) is 0.730. The van der Waals surface area contributed by atoms with Crippen molar-refractivity contribution in [1.29, 1.82) is 0 Å². The largest absolute Gasteiger partial charge is 0.481 e. The number of allylic oxidation sites excluding steroid dienone is 1. The number of nitrogens with one attached hydrogen (secondary N) is 1. The molecule has 100 valence electrons. The fraction of sp³-hybridized carbons (Fsp3) is 0.533. The van der Waals surface area contributed by atoms with Gasteiger partial charge in [-0.1, -0.05) is 11.6 Å². The van der Waals surface area contributed by atoms with E-state index in [0.29, 0.717) is 6.04 Å². The molecule has 0 saturated heterocycles. The van der Waals surface area contributed by atoms with E-state index in [1.807, 2.05) is 6.07 Å². The predicted molar refractivity (Wildman–Crippen MR) is 76.0 cm³/mol. The lowest BCUT2D eigenvalue weighted by Gasteiger charge is -2.14. The third kappa shape index (κ3) is 5.32. The van der Waals surface area contributed by atoms with E-state index in [2.05, 4.69) is 36.8 Å². The van der Waals surface area contributed by atoms with Crippen LogP contribution in [0.25, 0.3) is 0 Å². The van der Waals surface area contributed by atoms with Gasteiger partial charge in [0.2, 0.25) is 5.88 Å². The van der Waals surface area contributed by atoms with Crippen molar-refractivity contribution in [3.05, 3.63) is 36.0 Å². The number of aromatic nitrogens is 1. The Bertz CT molecular complexity index is 377. The summed E-state index contributed by atoms with van der Waals surface area (Å²) in [5.41, 5.74) is 2.40. The summed E-state index contributed by atoms with van der Waals surface area (Å²) < 4.78 is 5.23. The molecule has 1 N–H and O–H groups in total. The molecule has 18 heavy (non-hydrogen) atoms. The SMILES string of the molecule is C=C(C)CCC(C)NCCc1cccnc1OC. The van der Waals surface area contributed by atoms with E-state index < -0.39 is 0 Å². The molecule has 0 amide bonds. The fourth-order valence-corrected chi connectivity index (χ4v) is 1.82. The van der Waals surface area contributed by atoms with Gasteiger partial charge in [-0.05, 0) is 45.7 Å². The van der Waals surface area contributed by atoms with Crippen LogP contribution < -0.4 is 10.1 Å². The maximum absolute atomic E-state index is 5.23. The van der Waals surface area contributed by atoms with E-state index in [1.54, 1.807) is 13.3 Å². The van der Waals surface area contributed by atoms with Crippen molar-refractivity contribution in [3.8, 4) is 5.88 Å². The van der Waals surface area contributed by atoms with Gasteiger partial charge in [-0.2, -0.15) is 0 Å². The zero-order chi connectivity index (χ0) is 13.4. The average Bonchev–Trinajstić information content (AvgIpc) is 2.37. The third-order valence-corrected chi connectivity index (χ3v) is 2.93. The first-order valence-electron chi connectivity index (χ1n) is 6.49. The molecule has 0 aliphatic carbocycles. The van der Waals surface area contributed by atoms with Crippen molar-refractivity contribution in [2.75, 3.05) is 13.7 Å². The quantitative estimate of drug-likeness (QED) is 0.718. The van der Waals surface area contributed by atoms with Crippen molar-refractivity contribution < 1.29 is 4.74 Å². The van der Waals surface area contributed by atoms with Crippen LogP contribution in [-0.4, -0.2) is 24.7 Å². The molecule has 3 heteroatoms. The molecule has 0 bridgehead atoms. The maximum atomic E-state index is 5.23. The summed E-state index contributed by atoms with van der Waals surface area (Å²) in [4.78, 5) is 4.19. The molecule has 0 saturated carbocycles. The lowest BCUT2D eigenvalue weighted by molar-refractivity contribution is 0.391. The van der Waals surface area contributed by atoms with Gasteiger partial charge in [-0.25, -0.2) is 4.98 Å². The maximum Gasteiger partial charge on any atom is 0.216 e. The number of nitrogens with zero attached hydrogens (tertiary/aromatic N) is 1. The molecule has 1 aromatic rings. The summed E-state index contributed by atoms with van der Waals surface area (Å²) in [6.45, 7) is 9.16. The highest BCUT2D eigenvalue weighted by molar-refractivity contribution is 5.25. The van der Waals surface area contributed by atoms with Crippen LogP contribution in [0.1, 0.15) is 32.3 Å². The Morgan fingerprint density at radius 2 is 2.33 bits per heavy atom. The molecule has 1 unspecified atom stereocenters. The summed E-state index contributed by atoms with van der Waals surface area (Å²) >= 11 is 0. The van der Waals surface area contributed by atoms with Crippen molar-refractivity contribution >= 4 is 0 Å². The summed E-state index contributed by atoms with van der Waals surface area (Å²) in [5, 5.41) is 3.51. The summed E-state index contributed by atoms with van der Waals surface area (Å²) in [6, 6.07) is 4.53. The number of rotatable bonds is 8. The minimum absolute atomic E-state index is 0.518. The van der Waals surface area contributed by atoms with Crippen molar-refractivity contribution in [2.45, 2.75) is 39.2 Å². The Morgan fingerprint density at radius 1 is 1.56 bits per heavy atom. The highest BCUT2D eigenvalue weighted by atomic mass is 16.5. The third-order valence-electron chi connectivity index (χ3n) is 2.93. The van der Waals surface area contributed by atoms with E-state index in [-0.39, 0.29) is 0 Å². The van der Waals surface area contributed by atoms with Crippen LogP contribution in [0, 0.1) is 0 Å². The van der Waals surface area contributed by atoms with Gasteiger partial charge in [0, 0.05) is 17.8 Å². The fourth-order valence-electron chi connectivity index (χ4n) is 1.82. The van der Waals surface area contributed by atoms with E-state index in [9.17, 15) is 0 Å². The van der Waals surface area contributed by atoms with Crippen molar-refractivity contribution in [1.82, 2.24) is 10.3 Å². The van der Waals surface area contributed by atoms with Gasteiger partial charge in [0.1, 0.15) is 0 Å². The molecule has 0 spiro atoms. The van der Waals surface area contributed by atoms with Crippen molar-refractivity contribution in [2.24, 2.45) is 0 Å². The van der Waals surface area contributed by atoms with Crippen LogP contribution >= 0.6 is 0 Å². The molecule has 0 fully saturated rings. The Kier molecular flexibility index (Phi) is 6.44. The molecule has 0 aliphatic rings. The Hall–Kier alpha value is -1.35. The Balaban J connectivity index is 2.30. The molecule has 0 aromatic carbocycles.